The van der Waals surface area contributed by atoms with Crippen molar-refractivity contribution in [3.8, 4) is 5.75 Å². The Kier molecular flexibility index (Phi) is 4.73. The van der Waals surface area contributed by atoms with Gasteiger partial charge in [0.25, 0.3) is 5.91 Å². The molecular formula is C13H13ClN4O2. The minimum absolute atomic E-state index is 0.258. The normalized spacial score (nSPS) is 9.90. The van der Waals surface area contributed by atoms with Crippen LogP contribution in [0.2, 0.25) is 5.02 Å². The Morgan fingerprint density at radius 3 is 2.50 bits per heavy atom. The number of carbonyl (C=O) groups is 1. The maximum absolute atomic E-state index is 11.9. The molecule has 0 aliphatic rings. The average molecular weight is 293 g/mol. The highest BCUT2D eigenvalue weighted by molar-refractivity contribution is 6.30. The first kappa shape index (κ1) is 14.1. The summed E-state index contributed by atoms with van der Waals surface area (Å²) in [7, 11) is 0. The van der Waals surface area contributed by atoms with Crippen LogP contribution in [0.4, 0.5) is 5.95 Å². The van der Waals surface area contributed by atoms with E-state index >= 15 is 0 Å². The van der Waals surface area contributed by atoms with Gasteiger partial charge in [-0.1, -0.05) is 11.6 Å². The Hall–Kier alpha value is -2.34. The first-order chi connectivity index (χ1) is 9.69. The van der Waals surface area contributed by atoms with Crippen LogP contribution in [-0.4, -0.2) is 22.5 Å². The van der Waals surface area contributed by atoms with Gasteiger partial charge >= 0.3 is 0 Å². The number of ether oxygens (including phenoxy) is 1. The molecule has 0 saturated carbocycles. The number of nitrogens with one attached hydrogen (secondary N) is 2. The lowest BCUT2D eigenvalue weighted by molar-refractivity contribution is 0.0962. The van der Waals surface area contributed by atoms with Crippen molar-refractivity contribution in [2.45, 2.75) is 6.92 Å². The summed E-state index contributed by atoms with van der Waals surface area (Å²) < 4.78 is 5.30. The fourth-order valence-corrected chi connectivity index (χ4v) is 1.53. The molecule has 0 atom stereocenters. The number of anilines is 1. The Labute approximate surface area is 121 Å². The number of halogens is 1. The van der Waals surface area contributed by atoms with Crippen LogP contribution < -0.4 is 15.6 Å². The fraction of sp³-hybridized carbons (Fsp3) is 0.154. The molecule has 2 rings (SSSR count). The summed E-state index contributed by atoms with van der Waals surface area (Å²) in [6.07, 6.45) is 2.86. The molecule has 20 heavy (non-hydrogen) atoms. The zero-order valence-electron chi connectivity index (χ0n) is 10.8. The zero-order valence-corrected chi connectivity index (χ0v) is 11.5. The number of nitrogens with zero attached hydrogens (tertiary/aromatic N) is 2. The Morgan fingerprint density at radius 2 is 1.90 bits per heavy atom. The van der Waals surface area contributed by atoms with Crippen molar-refractivity contribution in [1.29, 1.82) is 0 Å². The predicted molar refractivity (Wildman–Crippen MR) is 75.7 cm³/mol. The molecule has 0 aliphatic carbocycles. The lowest BCUT2D eigenvalue weighted by atomic mass is 10.2. The molecule has 2 aromatic rings. The van der Waals surface area contributed by atoms with Crippen molar-refractivity contribution in [2.24, 2.45) is 0 Å². The van der Waals surface area contributed by atoms with E-state index in [4.69, 9.17) is 16.3 Å². The van der Waals surface area contributed by atoms with E-state index in [0.717, 1.165) is 5.75 Å². The molecule has 0 unspecified atom stereocenters. The van der Waals surface area contributed by atoms with E-state index in [-0.39, 0.29) is 11.9 Å². The van der Waals surface area contributed by atoms with Crippen LogP contribution in [-0.2, 0) is 0 Å². The lowest BCUT2D eigenvalue weighted by Crippen LogP contribution is -2.30. The second-order valence-electron chi connectivity index (χ2n) is 3.76. The summed E-state index contributed by atoms with van der Waals surface area (Å²) in [4.78, 5) is 19.6. The van der Waals surface area contributed by atoms with Gasteiger partial charge in [0.15, 0.2) is 0 Å². The van der Waals surface area contributed by atoms with E-state index in [9.17, 15) is 4.79 Å². The highest BCUT2D eigenvalue weighted by Gasteiger charge is 2.05. The van der Waals surface area contributed by atoms with Gasteiger partial charge in [0.1, 0.15) is 5.75 Å². The topological polar surface area (TPSA) is 76.1 Å². The van der Waals surface area contributed by atoms with Gasteiger partial charge in [0, 0.05) is 5.56 Å². The first-order valence-corrected chi connectivity index (χ1v) is 6.33. The van der Waals surface area contributed by atoms with E-state index in [1.54, 1.807) is 24.3 Å². The fourth-order valence-electron chi connectivity index (χ4n) is 1.43. The summed E-state index contributed by atoms with van der Waals surface area (Å²) in [6, 6.07) is 6.81. The summed E-state index contributed by atoms with van der Waals surface area (Å²) in [6.45, 7) is 2.48. The minimum atomic E-state index is -0.299. The van der Waals surface area contributed by atoms with E-state index in [1.165, 1.54) is 12.4 Å². The average Bonchev–Trinajstić information content (AvgIpc) is 2.47. The molecule has 0 radical (unpaired) electrons. The maximum Gasteiger partial charge on any atom is 0.269 e. The second-order valence-corrected chi connectivity index (χ2v) is 4.20. The maximum atomic E-state index is 11.9. The van der Waals surface area contributed by atoms with Gasteiger partial charge in [0.2, 0.25) is 5.95 Å². The van der Waals surface area contributed by atoms with Gasteiger partial charge in [-0.2, -0.15) is 0 Å². The summed E-state index contributed by atoms with van der Waals surface area (Å²) in [5.74, 6) is 0.679. The number of hydrogen-bond acceptors (Lipinski definition) is 5. The first-order valence-electron chi connectivity index (χ1n) is 5.96. The summed E-state index contributed by atoms with van der Waals surface area (Å²) >= 11 is 5.66. The van der Waals surface area contributed by atoms with E-state index < -0.39 is 0 Å². The van der Waals surface area contributed by atoms with Crippen molar-refractivity contribution in [3.05, 3.63) is 47.2 Å². The van der Waals surface area contributed by atoms with Crippen LogP contribution in [0, 0.1) is 0 Å². The third-order valence-corrected chi connectivity index (χ3v) is 2.53. The van der Waals surface area contributed by atoms with Crippen molar-refractivity contribution in [2.75, 3.05) is 12.0 Å². The molecule has 0 fully saturated rings. The largest absolute Gasteiger partial charge is 0.494 e. The highest BCUT2D eigenvalue weighted by Crippen LogP contribution is 2.12. The van der Waals surface area contributed by atoms with Crippen LogP contribution in [0.5, 0.6) is 5.75 Å². The van der Waals surface area contributed by atoms with Gasteiger partial charge in [-0.3, -0.25) is 15.6 Å². The molecule has 104 valence electrons. The molecule has 7 heteroatoms. The third kappa shape index (κ3) is 3.83. The number of amides is 1. The molecule has 0 saturated heterocycles. The quantitative estimate of drug-likeness (QED) is 0.827. The number of carbonyl (C=O) groups excluding carboxylic acids is 1. The molecule has 0 spiro atoms. The predicted octanol–water partition coefficient (Wildman–Crippen LogP) is 2.29. The van der Waals surface area contributed by atoms with Crippen LogP contribution in [0.1, 0.15) is 17.3 Å². The van der Waals surface area contributed by atoms with Gasteiger partial charge in [-0.25, -0.2) is 9.97 Å². The van der Waals surface area contributed by atoms with Crippen LogP contribution in [0.3, 0.4) is 0 Å². The number of hydrazine groups is 1. The van der Waals surface area contributed by atoms with Crippen molar-refractivity contribution < 1.29 is 9.53 Å². The number of benzene rings is 1. The second kappa shape index (κ2) is 6.72. The number of hydrogen-bond donors (Lipinski definition) is 2. The SMILES string of the molecule is CCOc1ccc(C(=O)NNc2ncc(Cl)cn2)cc1. The summed E-state index contributed by atoms with van der Waals surface area (Å²) in [5.41, 5.74) is 5.58. The van der Waals surface area contributed by atoms with E-state index in [2.05, 4.69) is 20.8 Å². The highest BCUT2D eigenvalue weighted by atomic mass is 35.5. The van der Waals surface area contributed by atoms with Crippen molar-refractivity contribution in [3.63, 3.8) is 0 Å². The van der Waals surface area contributed by atoms with E-state index in [0.29, 0.717) is 17.2 Å². The Bertz CT molecular complexity index is 572. The molecule has 1 amide bonds. The van der Waals surface area contributed by atoms with Crippen molar-refractivity contribution >= 4 is 23.5 Å². The molecular weight excluding hydrogens is 280 g/mol. The Balaban J connectivity index is 1.92. The molecule has 1 heterocycles. The van der Waals surface area contributed by atoms with Crippen LogP contribution >= 0.6 is 11.6 Å². The monoisotopic (exact) mass is 292 g/mol. The van der Waals surface area contributed by atoms with Gasteiger partial charge in [0.05, 0.1) is 24.0 Å². The molecule has 1 aromatic heterocycles. The minimum Gasteiger partial charge on any atom is -0.494 e. The molecule has 2 N–H and O–H groups in total. The zero-order chi connectivity index (χ0) is 14.4. The van der Waals surface area contributed by atoms with E-state index in [1.807, 2.05) is 6.92 Å². The molecule has 1 aromatic carbocycles. The van der Waals surface area contributed by atoms with Crippen LogP contribution in [0.25, 0.3) is 0 Å². The van der Waals surface area contributed by atoms with Gasteiger partial charge in [-0.15, -0.1) is 0 Å². The number of aromatic nitrogens is 2. The van der Waals surface area contributed by atoms with Gasteiger partial charge in [-0.05, 0) is 31.2 Å². The van der Waals surface area contributed by atoms with Gasteiger partial charge < -0.3 is 4.74 Å². The molecule has 0 bridgehead atoms. The Morgan fingerprint density at radius 1 is 1.25 bits per heavy atom. The standard InChI is InChI=1S/C13H13ClN4O2/c1-2-20-11-5-3-9(4-6-11)12(19)17-18-13-15-7-10(14)8-16-13/h3-8H,2H2,1H3,(H,17,19)(H,15,16,18). The van der Waals surface area contributed by atoms with Crippen molar-refractivity contribution in [1.82, 2.24) is 15.4 Å². The molecule has 6 nitrogen and oxygen atoms in total. The van der Waals surface area contributed by atoms with Crippen LogP contribution in [0.15, 0.2) is 36.7 Å². The number of rotatable bonds is 5. The smallest absolute Gasteiger partial charge is 0.269 e. The summed E-state index contributed by atoms with van der Waals surface area (Å²) in [5, 5.41) is 0.424. The lowest BCUT2D eigenvalue weighted by Gasteiger charge is -2.07. The third-order valence-electron chi connectivity index (χ3n) is 2.34. The molecule has 0 aliphatic heterocycles.